The van der Waals surface area contributed by atoms with Gasteiger partial charge in [0.05, 0.1) is 11.8 Å². The number of benzene rings is 1. The molecule has 1 heterocycles. The summed E-state index contributed by atoms with van der Waals surface area (Å²) in [5, 5.41) is 2.68. The first-order valence-corrected chi connectivity index (χ1v) is 8.26. The molecule has 3 aliphatic rings. The van der Waals surface area contributed by atoms with E-state index >= 15 is 0 Å². The lowest BCUT2D eigenvalue weighted by Gasteiger charge is -2.22. The lowest BCUT2D eigenvalue weighted by molar-refractivity contribution is -0.157. The van der Waals surface area contributed by atoms with Crippen molar-refractivity contribution >= 4 is 23.5 Å². The lowest BCUT2D eigenvalue weighted by atomic mass is 9.80. The first kappa shape index (κ1) is 15.2. The second kappa shape index (κ2) is 5.61. The number of hydrogen-bond acceptors (Lipinski definition) is 5. The molecule has 6 heteroatoms. The molecule has 2 bridgehead atoms. The van der Waals surface area contributed by atoms with Crippen LogP contribution in [0.15, 0.2) is 24.3 Å². The Morgan fingerprint density at radius 1 is 1.25 bits per heavy atom. The number of carbonyl (C=O) groups is 3. The highest BCUT2D eigenvalue weighted by Gasteiger charge is 2.64. The molecule has 1 amide bonds. The summed E-state index contributed by atoms with van der Waals surface area (Å²) in [4.78, 5) is 36.2. The van der Waals surface area contributed by atoms with Gasteiger partial charge in [-0.1, -0.05) is 17.7 Å². The van der Waals surface area contributed by atoms with Gasteiger partial charge in [-0.2, -0.15) is 0 Å². The van der Waals surface area contributed by atoms with Gasteiger partial charge in [0.15, 0.2) is 6.61 Å². The zero-order valence-corrected chi connectivity index (χ0v) is 13.4. The molecule has 1 aromatic carbocycles. The van der Waals surface area contributed by atoms with E-state index in [9.17, 15) is 14.4 Å². The summed E-state index contributed by atoms with van der Waals surface area (Å²) < 4.78 is 10.5. The van der Waals surface area contributed by atoms with E-state index in [-0.39, 0.29) is 42.3 Å². The van der Waals surface area contributed by atoms with Crippen LogP contribution in [0, 0.1) is 30.6 Å². The number of hydrogen-bond donors (Lipinski definition) is 1. The molecule has 1 aromatic rings. The molecule has 6 nitrogen and oxygen atoms in total. The van der Waals surface area contributed by atoms with Crippen LogP contribution in [0.25, 0.3) is 0 Å². The minimum Gasteiger partial charge on any atom is -0.462 e. The van der Waals surface area contributed by atoms with E-state index in [0.717, 1.165) is 18.4 Å². The number of aryl methyl sites for hydroxylation is 1. The van der Waals surface area contributed by atoms with Crippen LogP contribution in [0.3, 0.4) is 0 Å². The van der Waals surface area contributed by atoms with Crippen molar-refractivity contribution in [1.29, 1.82) is 0 Å². The molecule has 1 saturated heterocycles. The van der Waals surface area contributed by atoms with Crippen LogP contribution in [-0.4, -0.2) is 30.6 Å². The van der Waals surface area contributed by atoms with Crippen molar-refractivity contribution in [1.82, 2.24) is 0 Å². The quantitative estimate of drug-likeness (QED) is 0.850. The van der Waals surface area contributed by atoms with Gasteiger partial charge in [-0.15, -0.1) is 0 Å². The van der Waals surface area contributed by atoms with Crippen molar-refractivity contribution in [3.05, 3.63) is 29.8 Å². The minimum atomic E-state index is -0.455. The van der Waals surface area contributed by atoms with Gasteiger partial charge in [0.25, 0.3) is 5.91 Å². The zero-order valence-electron chi connectivity index (χ0n) is 13.4. The summed E-state index contributed by atoms with van der Waals surface area (Å²) in [6.07, 6.45) is 1.57. The van der Waals surface area contributed by atoms with Gasteiger partial charge in [0.2, 0.25) is 0 Å². The van der Waals surface area contributed by atoms with Crippen molar-refractivity contribution in [2.75, 3.05) is 11.9 Å². The highest BCUT2D eigenvalue weighted by molar-refractivity contribution is 5.93. The SMILES string of the molecule is Cc1ccc(NC(=O)COC(=O)[C@@H]2[C@@H]3C[C@@H]4[C@@H]2C(=O)O[C@H]4C3)cc1. The van der Waals surface area contributed by atoms with Gasteiger partial charge < -0.3 is 14.8 Å². The maximum absolute atomic E-state index is 12.4. The molecule has 3 fully saturated rings. The normalized spacial score (nSPS) is 32.5. The number of ether oxygens (including phenoxy) is 2. The fourth-order valence-electron chi connectivity index (χ4n) is 4.39. The molecule has 0 aromatic heterocycles. The maximum Gasteiger partial charge on any atom is 0.310 e. The second-order valence-electron chi connectivity index (χ2n) is 6.94. The molecule has 126 valence electrons. The number of amides is 1. The summed E-state index contributed by atoms with van der Waals surface area (Å²) in [7, 11) is 0. The molecule has 0 spiro atoms. The lowest BCUT2D eigenvalue weighted by Crippen LogP contribution is -2.34. The fraction of sp³-hybridized carbons (Fsp3) is 0.500. The van der Waals surface area contributed by atoms with Crippen LogP contribution in [0.1, 0.15) is 18.4 Å². The van der Waals surface area contributed by atoms with Crippen molar-refractivity contribution < 1.29 is 23.9 Å². The summed E-state index contributed by atoms with van der Waals surface area (Å²) in [5.74, 6) is -1.65. The van der Waals surface area contributed by atoms with Crippen LogP contribution in [0.4, 0.5) is 5.69 Å². The van der Waals surface area contributed by atoms with Crippen LogP contribution in [0.5, 0.6) is 0 Å². The predicted octanol–water partition coefficient (Wildman–Crippen LogP) is 1.67. The monoisotopic (exact) mass is 329 g/mol. The van der Waals surface area contributed by atoms with E-state index in [1.807, 2.05) is 19.1 Å². The van der Waals surface area contributed by atoms with Gasteiger partial charge in [-0.05, 0) is 37.8 Å². The molecule has 2 saturated carbocycles. The summed E-state index contributed by atoms with van der Waals surface area (Å²) in [6, 6.07) is 7.36. The van der Waals surface area contributed by atoms with E-state index in [1.165, 1.54) is 0 Å². The van der Waals surface area contributed by atoms with Gasteiger partial charge in [-0.25, -0.2) is 0 Å². The largest absolute Gasteiger partial charge is 0.462 e. The molecular formula is C18H19NO5. The molecule has 1 aliphatic heterocycles. The Morgan fingerprint density at radius 2 is 2.00 bits per heavy atom. The number of fused-ring (bicyclic) bond motifs is 1. The first-order chi connectivity index (χ1) is 11.5. The minimum absolute atomic E-state index is 0.0126. The Bertz CT molecular complexity index is 696. The van der Waals surface area contributed by atoms with Crippen molar-refractivity contribution in [2.24, 2.45) is 23.7 Å². The van der Waals surface area contributed by atoms with E-state index < -0.39 is 11.9 Å². The highest BCUT2D eigenvalue weighted by Crippen LogP contribution is 2.57. The maximum atomic E-state index is 12.4. The molecular weight excluding hydrogens is 310 g/mol. The van der Waals surface area contributed by atoms with Crippen LogP contribution in [-0.2, 0) is 23.9 Å². The number of anilines is 1. The molecule has 0 unspecified atom stereocenters. The fourth-order valence-corrected chi connectivity index (χ4v) is 4.39. The number of carbonyl (C=O) groups excluding carboxylic acids is 3. The molecule has 1 N–H and O–H groups in total. The second-order valence-corrected chi connectivity index (χ2v) is 6.94. The highest BCUT2D eigenvalue weighted by atomic mass is 16.6. The average molecular weight is 329 g/mol. The first-order valence-electron chi connectivity index (χ1n) is 8.26. The van der Waals surface area contributed by atoms with Gasteiger partial charge in [0.1, 0.15) is 6.10 Å². The van der Waals surface area contributed by atoms with Crippen molar-refractivity contribution in [3.8, 4) is 0 Å². The topological polar surface area (TPSA) is 81.7 Å². The Labute approximate surface area is 139 Å². The van der Waals surface area contributed by atoms with Crippen molar-refractivity contribution in [2.45, 2.75) is 25.9 Å². The van der Waals surface area contributed by atoms with Gasteiger partial charge in [-0.3, -0.25) is 14.4 Å². The number of nitrogens with one attached hydrogen (secondary N) is 1. The zero-order chi connectivity index (χ0) is 16.8. The molecule has 0 radical (unpaired) electrons. The summed E-state index contributed by atoms with van der Waals surface area (Å²) in [5.41, 5.74) is 1.75. The third-order valence-electron chi connectivity index (χ3n) is 5.44. The van der Waals surface area contributed by atoms with Crippen LogP contribution in [0.2, 0.25) is 0 Å². The van der Waals surface area contributed by atoms with E-state index in [1.54, 1.807) is 12.1 Å². The molecule has 4 rings (SSSR count). The molecule has 24 heavy (non-hydrogen) atoms. The smallest absolute Gasteiger partial charge is 0.310 e. The Kier molecular flexibility index (Phi) is 3.55. The third kappa shape index (κ3) is 2.46. The van der Waals surface area contributed by atoms with Gasteiger partial charge >= 0.3 is 11.9 Å². The van der Waals surface area contributed by atoms with Crippen LogP contribution < -0.4 is 5.32 Å². The molecule has 2 aliphatic carbocycles. The molecule has 5 atom stereocenters. The Balaban J connectivity index is 1.33. The third-order valence-corrected chi connectivity index (χ3v) is 5.44. The van der Waals surface area contributed by atoms with Crippen LogP contribution >= 0.6 is 0 Å². The Morgan fingerprint density at radius 3 is 2.75 bits per heavy atom. The van der Waals surface area contributed by atoms with E-state index in [4.69, 9.17) is 9.47 Å². The van der Waals surface area contributed by atoms with Crippen molar-refractivity contribution in [3.63, 3.8) is 0 Å². The van der Waals surface area contributed by atoms with Gasteiger partial charge in [0, 0.05) is 11.6 Å². The van der Waals surface area contributed by atoms with E-state index in [2.05, 4.69) is 5.32 Å². The number of esters is 2. The standard InChI is InChI=1S/C18H19NO5/c1-9-2-4-11(5-3-9)19-14(20)8-23-17(21)15-10-6-12-13(7-10)24-18(22)16(12)15/h2-5,10,12-13,15-16H,6-8H2,1H3,(H,19,20)/t10-,12+,13+,15-,16+/m1/s1. The predicted molar refractivity (Wildman–Crippen MR) is 83.8 cm³/mol. The Hall–Kier alpha value is -2.37. The van der Waals surface area contributed by atoms with E-state index in [0.29, 0.717) is 5.69 Å². The average Bonchev–Trinajstić information content (AvgIpc) is 3.16. The number of rotatable bonds is 4. The summed E-state index contributed by atoms with van der Waals surface area (Å²) in [6.45, 7) is 1.62. The summed E-state index contributed by atoms with van der Waals surface area (Å²) >= 11 is 0.